The summed E-state index contributed by atoms with van der Waals surface area (Å²) in [5.74, 6) is 0. The number of rotatable bonds is 4. The first kappa shape index (κ1) is 28.5. The molecule has 2 heteroatoms. The minimum atomic E-state index is -0.340. The third-order valence-electron chi connectivity index (χ3n) is 11.5. The molecule has 1 spiro atoms. The number of nitrogens with zero attached hydrogens (tertiary/aromatic N) is 2. The summed E-state index contributed by atoms with van der Waals surface area (Å²) in [5.41, 5.74) is 17.9. The van der Waals surface area contributed by atoms with Crippen molar-refractivity contribution in [2.24, 2.45) is 0 Å². The molecule has 1 aromatic heterocycles. The van der Waals surface area contributed by atoms with Gasteiger partial charge in [-0.05, 0) is 118 Å². The highest BCUT2D eigenvalue weighted by molar-refractivity contribution is 6.09. The SMILES string of the molecule is C1=CC2=C(CC1)c1ccccc1C21c2ccccc2-c2ccc(N(c3ccccc3)c3ccc(-n4c5ccccc5c5ccccc54)cc3)cc21. The fraction of sp³-hybridized carbons (Fsp3) is 0.0612. The van der Waals surface area contributed by atoms with E-state index in [1.54, 1.807) is 0 Å². The summed E-state index contributed by atoms with van der Waals surface area (Å²) in [5, 5.41) is 2.55. The van der Waals surface area contributed by atoms with Gasteiger partial charge in [0.05, 0.1) is 16.4 Å². The van der Waals surface area contributed by atoms with Crippen LogP contribution in [0.1, 0.15) is 35.1 Å². The summed E-state index contributed by atoms with van der Waals surface area (Å²) in [6, 6.07) is 62.7. The van der Waals surface area contributed by atoms with E-state index in [4.69, 9.17) is 0 Å². The third-order valence-corrected chi connectivity index (χ3v) is 11.5. The van der Waals surface area contributed by atoms with Gasteiger partial charge in [0.2, 0.25) is 0 Å². The minimum Gasteiger partial charge on any atom is -0.310 e. The van der Waals surface area contributed by atoms with Gasteiger partial charge >= 0.3 is 0 Å². The molecule has 0 bridgehead atoms. The Balaban J connectivity index is 1.11. The van der Waals surface area contributed by atoms with Crippen molar-refractivity contribution in [3.05, 3.63) is 210 Å². The summed E-state index contributed by atoms with van der Waals surface area (Å²) in [7, 11) is 0. The van der Waals surface area contributed by atoms with Crippen molar-refractivity contribution in [2.45, 2.75) is 18.3 Å². The van der Waals surface area contributed by atoms with Gasteiger partial charge in [0.1, 0.15) is 0 Å². The average Bonchev–Trinajstić information content (AvgIpc) is 3.81. The second-order valence-corrected chi connectivity index (χ2v) is 14.0. The smallest absolute Gasteiger partial charge is 0.0722 e. The van der Waals surface area contributed by atoms with Gasteiger partial charge in [-0.3, -0.25) is 0 Å². The van der Waals surface area contributed by atoms with Crippen molar-refractivity contribution in [1.82, 2.24) is 4.57 Å². The minimum absolute atomic E-state index is 0.340. The molecule has 240 valence electrons. The summed E-state index contributed by atoms with van der Waals surface area (Å²) >= 11 is 0. The van der Waals surface area contributed by atoms with Crippen molar-refractivity contribution < 1.29 is 0 Å². The lowest BCUT2D eigenvalue weighted by molar-refractivity contribution is 0.780. The molecule has 7 aromatic carbocycles. The van der Waals surface area contributed by atoms with E-state index in [1.807, 2.05) is 0 Å². The molecule has 8 aromatic rings. The fourth-order valence-corrected chi connectivity index (χ4v) is 9.48. The van der Waals surface area contributed by atoms with E-state index in [0.29, 0.717) is 0 Å². The lowest BCUT2D eigenvalue weighted by Gasteiger charge is -2.33. The number of anilines is 3. The van der Waals surface area contributed by atoms with Gasteiger partial charge in [-0.25, -0.2) is 0 Å². The predicted octanol–water partition coefficient (Wildman–Crippen LogP) is 12.7. The molecule has 0 aliphatic heterocycles. The maximum absolute atomic E-state index is 2.48. The Morgan fingerprint density at radius 3 is 1.78 bits per heavy atom. The lowest BCUT2D eigenvalue weighted by atomic mass is 9.69. The Hall–Kier alpha value is -6.38. The molecule has 0 fully saturated rings. The Bertz CT molecular complexity index is 2690. The molecule has 2 nitrogen and oxygen atoms in total. The Morgan fingerprint density at radius 1 is 0.471 bits per heavy atom. The predicted molar refractivity (Wildman–Crippen MR) is 213 cm³/mol. The van der Waals surface area contributed by atoms with Crippen molar-refractivity contribution in [3.63, 3.8) is 0 Å². The van der Waals surface area contributed by atoms with Crippen LogP contribution >= 0.6 is 0 Å². The van der Waals surface area contributed by atoms with Gasteiger partial charge < -0.3 is 9.47 Å². The molecular weight excluding hydrogens is 617 g/mol. The second-order valence-electron chi connectivity index (χ2n) is 14.0. The molecule has 3 aliphatic rings. The quantitative estimate of drug-likeness (QED) is 0.184. The third kappa shape index (κ3) is 3.88. The summed E-state index contributed by atoms with van der Waals surface area (Å²) in [6.07, 6.45) is 6.98. The van der Waals surface area contributed by atoms with Crippen molar-refractivity contribution in [2.75, 3.05) is 4.90 Å². The highest BCUT2D eigenvalue weighted by Gasteiger charge is 2.52. The number of hydrogen-bond donors (Lipinski definition) is 0. The standard InChI is InChI=1S/C49H34N2/c1-2-14-33(15-3-1)50(34-26-28-35(29-27-34)51-47-24-12-7-19-41(47)42-20-8-13-25-48(42)51)36-30-31-40-39-18-6-11-23-45(39)49(46(40)32-36)43-21-9-4-16-37(43)38-17-5-10-22-44(38)49/h1-4,6-16,18-32H,5,17H2. The highest BCUT2D eigenvalue weighted by atomic mass is 15.1. The monoisotopic (exact) mass is 650 g/mol. The number of allylic oxidation sites excluding steroid dienone is 4. The summed E-state index contributed by atoms with van der Waals surface area (Å²) in [6.45, 7) is 0. The van der Waals surface area contributed by atoms with Crippen LogP contribution in [0, 0.1) is 0 Å². The summed E-state index contributed by atoms with van der Waals surface area (Å²) < 4.78 is 2.39. The second kappa shape index (κ2) is 10.8. The van der Waals surface area contributed by atoms with Gasteiger partial charge in [-0.2, -0.15) is 0 Å². The van der Waals surface area contributed by atoms with E-state index >= 15 is 0 Å². The molecule has 1 atom stereocenters. The molecule has 0 amide bonds. The zero-order chi connectivity index (χ0) is 33.5. The fourth-order valence-electron chi connectivity index (χ4n) is 9.48. The molecule has 0 radical (unpaired) electrons. The van der Waals surface area contributed by atoms with Gasteiger partial charge in [-0.15, -0.1) is 0 Å². The van der Waals surface area contributed by atoms with Gasteiger partial charge in [0, 0.05) is 33.5 Å². The number of benzene rings is 7. The lowest BCUT2D eigenvalue weighted by Crippen LogP contribution is -2.27. The molecule has 3 aliphatic carbocycles. The Labute approximate surface area is 297 Å². The normalized spacial score (nSPS) is 16.8. The van der Waals surface area contributed by atoms with E-state index < -0.39 is 0 Å². The molecule has 11 rings (SSSR count). The van der Waals surface area contributed by atoms with Crippen LogP contribution in [0.15, 0.2) is 188 Å². The molecule has 1 heterocycles. The van der Waals surface area contributed by atoms with Gasteiger partial charge in [0.15, 0.2) is 0 Å². The first-order chi connectivity index (χ1) is 25.3. The van der Waals surface area contributed by atoms with Crippen molar-refractivity contribution in [1.29, 1.82) is 0 Å². The molecular formula is C49H34N2. The Kier molecular flexibility index (Phi) is 6.03. The first-order valence-corrected chi connectivity index (χ1v) is 18.0. The Morgan fingerprint density at radius 2 is 1.04 bits per heavy atom. The van der Waals surface area contributed by atoms with E-state index in [1.165, 1.54) is 66.3 Å². The van der Waals surface area contributed by atoms with E-state index in [0.717, 1.165) is 35.6 Å². The topological polar surface area (TPSA) is 8.17 Å². The van der Waals surface area contributed by atoms with Crippen LogP contribution in [0.5, 0.6) is 0 Å². The first-order valence-electron chi connectivity index (χ1n) is 18.0. The summed E-state index contributed by atoms with van der Waals surface area (Å²) in [4.78, 5) is 2.42. The molecule has 51 heavy (non-hydrogen) atoms. The largest absolute Gasteiger partial charge is 0.310 e. The molecule has 1 unspecified atom stereocenters. The number of hydrogen-bond acceptors (Lipinski definition) is 1. The van der Waals surface area contributed by atoms with Crippen LogP contribution in [-0.2, 0) is 5.41 Å². The van der Waals surface area contributed by atoms with Crippen LogP contribution in [0.4, 0.5) is 17.1 Å². The molecule has 0 saturated heterocycles. The van der Waals surface area contributed by atoms with Crippen LogP contribution in [0.2, 0.25) is 0 Å². The highest BCUT2D eigenvalue weighted by Crippen LogP contribution is 2.63. The average molecular weight is 651 g/mol. The van der Waals surface area contributed by atoms with E-state index in [-0.39, 0.29) is 5.41 Å². The maximum Gasteiger partial charge on any atom is 0.0722 e. The van der Waals surface area contributed by atoms with Crippen LogP contribution in [-0.4, -0.2) is 4.57 Å². The van der Waals surface area contributed by atoms with Crippen molar-refractivity contribution in [3.8, 4) is 16.8 Å². The zero-order valence-corrected chi connectivity index (χ0v) is 28.1. The molecule has 0 saturated carbocycles. The maximum atomic E-state index is 2.48. The number of aromatic nitrogens is 1. The zero-order valence-electron chi connectivity index (χ0n) is 28.1. The van der Waals surface area contributed by atoms with Crippen LogP contribution in [0.25, 0.3) is 44.2 Å². The van der Waals surface area contributed by atoms with Crippen LogP contribution < -0.4 is 4.90 Å². The van der Waals surface area contributed by atoms with E-state index in [2.05, 4.69) is 191 Å². The van der Waals surface area contributed by atoms with Gasteiger partial charge in [0.25, 0.3) is 0 Å². The van der Waals surface area contributed by atoms with Gasteiger partial charge in [-0.1, -0.05) is 121 Å². The van der Waals surface area contributed by atoms with Crippen molar-refractivity contribution >= 4 is 44.4 Å². The number of para-hydroxylation sites is 3. The van der Waals surface area contributed by atoms with E-state index in [9.17, 15) is 0 Å². The van der Waals surface area contributed by atoms with Crippen LogP contribution in [0.3, 0.4) is 0 Å². The number of fused-ring (bicyclic) bond motifs is 12. The molecule has 0 N–H and O–H groups in total.